The molecule has 1 N–H and O–H groups in total. The highest BCUT2D eigenvalue weighted by atomic mass is 16.4. The Morgan fingerprint density at radius 1 is 1.05 bits per heavy atom. The first-order valence-electron chi connectivity index (χ1n) is 5.99. The lowest BCUT2D eigenvalue weighted by Gasteiger charge is -2.07. The van der Waals surface area contributed by atoms with Crippen LogP contribution in [0.15, 0.2) is 48.5 Å². The third kappa shape index (κ3) is 3.07. The second-order valence-electron chi connectivity index (χ2n) is 4.43. The van der Waals surface area contributed by atoms with Gasteiger partial charge in [0, 0.05) is 11.1 Å². The molecule has 0 bridgehead atoms. The summed E-state index contributed by atoms with van der Waals surface area (Å²) in [7, 11) is 0. The normalized spacial score (nSPS) is 10.2. The number of aliphatic carboxylic acids is 1. The molecule has 3 nitrogen and oxygen atoms in total. The van der Waals surface area contributed by atoms with Crippen LogP contribution in [0.25, 0.3) is 0 Å². The maximum absolute atomic E-state index is 12.4. The third-order valence-corrected chi connectivity index (χ3v) is 2.88. The molecular formula is C16H14O3. The Hall–Kier alpha value is -2.42. The van der Waals surface area contributed by atoms with Crippen molar-refractivity contribution in [1.82, 2.24) is 0 Å². The van der Waals surface area contributed by atoms with Crippen molar-refractivity contribution in [1.29, 1.82) is 0 Å². The standard InChI is InChI=1S/C16H14O3/c1-11-5-4-7-13(9-11)16(19)14-8-3-2-6-12(14)10-15(17)18/h2-9H,10H2,1H3,(H,17,18). The SMILES string of the molecule is Cc1cccc(C(=O)c2ccccc2CC(=O)O)c1. The van der Waals surface area contributed by atoms with Crippen LogP contribution < -0.4 is 0 Å². The van der Waals surface area contributed by atoms with E-state index in [4.69, 9.17) is 5.11 Å². The number of rotatable bonds is 4. The maximum Gasteiger partial charge on any atom is 0.307 e. The van der Waals surface area contributed by atoms with Crippen molar-refractivity contribution in [3.63, 3.8) is 0 Å². The molecule has 2 aromatic rings. The number of aryl methyl sites for hydroxylation is 1. The van der Waals surface area contributed by atoms with Crippen LogP contribution in [-0.2, 0) is 11.2 Å². The zero-order chi connectivity index (χ0) is 13.8. The Balaban J connectivity index is 2.41. The highest BCUT2D eigenvalue weighted by Crippen LogP contribution is 2.16. The number of carboxylic acids is 1. The first kappa shape index (κ1) is 13.0. The molecule has 19 heavy (non-hydrogen) atoms. The molecule has 2 rings (SSSR count). The van der Waals surface area contributed by atoms with Crippen LogP contribution in [0.3, 0.4) is 0 Å². The first-order chi connectivity index (χ1) is 9.08. The fourth-order valence-electron chi connectivity index (χ4n) is 2.00. The van der Waals surface area contributed by atoms with Crippen molar-refractivity contribution in [3.05, 3.63) is 70.8 Å². The van der Waals surface area contributed by atoms with Crippen molar-refractivity contribution in [2.75, 3.05) is 0 Å². The summed E-state index contributed by atoms with van der Waals surface area (Å²) < 4.78 is 0. The molecule has 0 amide bonds. The Bertz CT molecular complexity index is 629. The molecule has 0 aliphatic heterocycles. The molecule has 0 aliphatic carbocycles. The van der Waals surface area contributed by atoms with Gasteiger partial charge in [-0.1, -0.05) is 48.0 Å². The van der Waals surface area contributed by atoms with Crippen molar-refractivity contribution < 1.29 is 14.7 Å². The minimum atomic E-state index is -0.940. The maximum atomic E-state index is 12.4. The molecule has 0 aromatic heterocycles. The molecule has 0 heterocycles. The van der Waals surface area contributed by atoms with Crippen LogP contribution >= 0.6 is 0 Å². The molecule has 0 saturated heterocycles. The Kier molecular flexibility index (Phi) is 3.76. The van der Waals surface area contributed by atoms with E-state index in [1.807, 2.05) is 19.1 Å². The highest BCUT2D eigenvalue weighted by molar-refractivity contribution is 6.10. The van der Waals surface area contributed by atoms with Gasteiger partial charge in [0.25, 0.3) is 0 Å². The summed E-state index contributed by atoms with van der Waals surface area (Å²) >= 11 is 0. The van der Waals surface area contributed by atoms with Crippen LogP contribution in [0.1, 0.15) is 27.0 Å². The van der Waals surface area contributed by atoms with Gasteiger partial charge in [-0.3, -0.25) is 9.59 Å². The molecule has 2 aromatic carbocycles. The van der Waals surface area contributed by atoms with Gasteiger partial charge in [-0.2, -0.15) is 0 Å². The predicted molar refractivity (Wildman–Crippen MR) is 72.4 cm³/mol. The molecule has 0 unspecified atom stereocenters. The van der Waals surface area contributed by atoms with E-state index in [0.29, 0.717) is 16.7 Å². The number of carboxylic acid groups (broad SMARTS) is 1. The van der Waals surface area contributed by atoms with Gasteiger partial charge in [-0.05, 0) is 18.6 Å². The lowest BCUT2D eigenvalue weighted by Crippen LogP contribution is -2.09. The van der Waals surface area contributed by atoms with Crippen molar-refractivity contribution >= 4 is 11.8 Å². The molecule has 0 aliphatic rings. The second kappa shape index (κ2) is 5.48. The zero-order valence-electron chi connectivity index (χ0n) is 10.6. The van der Waals surface area contributed by atoms with Gasteiger partial charge in [0.1, 0.15) is 0 Å². The van der Waals surface area contributed by atoms with Crippen LogP contribution in [-0.4, -0.2) is 16.9 Å². The summed E-state index contributed by atoms with van der Waals surface area (Å²) in [4.78, 5) is 23.2. The summed E-state index contributed by atoms with van der Waals surface area (Å²) in [6, 6.07) is 14.1. The largest absolute Gasteiger partial charge is 0.481 e. The van der Waals surface area contributed by atoms with Gasteiger partial charge in [0.2, 0.25) is 0 Å². The number of carbonyl (C=O) groups is 2. The Labute approximate surface area is 111 Å². The minimum absolute atomic E-state index is 0.138. The lowest BCUT2D eigenvalue weighted by atomic mass is 9.96. The van der Waals surface area contributed by atoms with Crippen LogP contribution in [0.2, 0.25) is 0 Å². The molecule has 0 radical (unpaired) electrons. The fraction of sp³-hybridized carbons (Fsp3) is 0.125. The van der Waals surface area contributed by atoms with Crippen molar-refractivity contribution in [3.8, 4) is 0 Å². The first-order valence-corrected chi connectivity index (χ1v) is 5.99. The van der Waals surface area contributed by atoms with Gasteiger partial charge in [-0.25, -0.2) is 0 Å². The van der Waals surface area contributed by atoms with E-state index in [-0.39, 0.29) is 12.2 Å². The van der Waals surface area contributed by atoms with E-state index >= 15 is 0 Å². The van der Waals surface area contributed by atoms with Crippen molar-refractivity contribution in [2.24, 2.45) is 0 Å². The summed E-state index contributed by atoms with van der Waals surface area (Å²) in [6.07, 6.45) is -0.145. The number of ketones is 1. The van der Waals surface area contributed by atoms with Gasteiger partial charge >= 0.3 is 5.97 Å². The minimum Gasteiger partial charge on any atom is -0.481 e. The quantitative estimate of drug-likeness (QED) is 0.853. The van der Waals surface area contributed by atoms with E-state index in [9.17, 15) is 9.59 Å². The molecule has 96 valence electrons. The molecule has 0 atom stereocenters. The van der Waals surface area contributed by atoms with Gasteiger partial charge in [0.05, 0.1) is 6.42 Å². The average Bonchev–Trinajstić information content (AvgIpc) is 2.38. The van der Waals surface area contributed by atoms with E-state index in [2.05, 4.69) is 0 Å². The second-order valence-corrected chi connectivity index (χ2v) is 4.43. The van der Waals surface area contributed by atoms with Gasteiger partial charge in [-0.15, -0.1) is 0 Å². The molecular weight excluding hydrogens is 240 g/mol. The topological polar surface area (TPSA) is 54.4 Å². The summed E-state index contributed by atoms with van der Waals surface area (Å²) in [5.41, 5.74) is 2.58. The van der Waals surface area contributed by atoms with Crippen LogP contribution in [0.4, 0.5) is 0 Å². The average molecular weight is 254 g/mol. The number of carbonyl (C=O) groups excluding carboxylic acids is 1. The third-order valence-electron chi connectivity index (χ3n) is 2.88. The lowest BCUT2D eigenvalue weighted by molar-refractivity contribution is -0.136. The van der Waals surface area contributed by atoms with Crippen LogP contribution in [0.5, 0.6) is 0 Å². The van der Waals surface area contributed by atoms with E-state index in [0.717, 1.165) is 5.56 Å². The molecule has 0 spiro atoms. The van der Waals surface area contributed by atoms with Gasteiger partial charge in [0.15, 0.2) is 5.78 Å². The smallest absolute Gasteiger partial charge is 0.307 e. The number of hydrogen-bond donors (Lipinski definition) is 1. The summed E-state index contributed by atoms with van der Waals surface area (Å²) in [5.74, 6) is -1.08. The number of benzene rings is 2. The van der Waals surface area contributed by atoms with Crippen molar-refractivity contribution in [2.45, 2.75) is 13.3 Å². The molecule has 3 heteroatoms. The Morgan fingerprint density at radius 3 is 2.47 bits per heavy atom. The van der Waals surface area contributed by atoms with E-state index in [1.165, 1.54) is 0 Å². The van der Waals surface area contributed by atoms with E-state index < -0.39 is 5.97 Å². The number of hydrogen-bond acceptors (Lipinski definition) is 2. The van der Waals surface area contributed by atoms with Gasteiger partial charge < -0.3 is 5.11 Å². The highest BCUT2D eigenvalue weighted by Gasteiger charge is 2.14. The van der Waals surface area contributed by atoms with Crippen LogP contribution in [0, 0.1) is 6.92 Å². The Morgan fingerprint density at radius 2 is 1.79 bits per heavy atom. The molecule has 0 saturated carbocycles. The van der Waals surface area contributed by atoms with E-state index in [1.54, 1.807) is 36.4 Å². The summed E-state index contributed by atoms with van der Waals surface area (Å²) in [5, 5.41) is 8.88. The fourth-order valence-corrected chi connectivity index (χ4v) is 2.00. The molecule has 0 fully saturated rings. The zero-order valence-corrected chi connectivity index (χ0v) is 10.6. The monoisotopic (exact) mass is 254 g/mol. The summed E-state index contributed by atoms with van der Waals surface area (Å²) in [6.45, 7) is 1.92. The predicted octanol–water partition coefficient (Wildman–Crippen LogP) is 2.85.